The molecule has 1 atom stereocenters. The fourth-order valence-electron chi connectivity index (χ4n) is 2.90. The van der Waals surface area contributed by atoms with Crippen LogP contribution in [0.1, 0.15) is 57.2 Å². The van der Waals surface area contributed by atoms with E-state index in [9.17, 15) is 8.78 Å². The van der Waals surface area contributed by atoms with Crippen molar-refractivity contribution in [3.05, 3.63) is 70.8 Å². The van der Waals surface area contributed by atoms with Gasteiger partial charge < -0.3 is 4.74 Å². The molecule has 0 saturated carbocycles. The summed E-state index contributed by atoms with van der Waals surface area (Å²) < 4.78 is 33.2. The third-order valence-electron chi connectivity index (χ3n) is 4.26. The van der Waals surface area contributed by atoms with Crippen molar-refractivity contribution >= 4 is 6.08 Å². The van der Waals surface area contributed by atoms with Crippen LogP contribution in [0.5, 0.6) is 5.75 Å². The van der Waals surface area contributed by atoms with Crippen LogP contribution in [0.2, 0.25) is 0 Å². The van der Waals surface area contributed by atoms with Crippen LogP contribution in [-0.4, -0.2) is 6.61 Å². The summed E-state index contributed by atoms with van der Waals surface area (Å²) >= 11 is 0. The Balaban J connectivity index is 0.00000176. The van der Waals surface area contributed by atoms with Gasteiger partial charge in [-0.3, -0.25) is 0 Å². The highest BCUT2D eigenvalue weighted by Gasteiger charge is 2.11. The van der Waals surface area contributed by atoms with Crippen LogP contribution in [0.15, 0.2) is 42.5 Å². The average molecular weight is 375 g/mol. The molecular formula is C24H32F2O. The molecule has 0 aliphatic heterocycles. The second-order valence-electron chi connectivity index (χ2n) is 6.27. The first-order valence-electron chi connectivity index (χ1n) is 9.89. The Kier molecular flexibility index (Phi) is 10.4. The maximum atomic E-state index is 13.8. The van der Waals surface area contributed by atoms with Crippen LogP contribution in [0.4, 0.5) is 8.78 Å². The van der Waals surface area contributed by atoms with Gasteiger partial charge in [-0.2, -0.15) is 0 Å². The van der Waals surface area contributed by atoms with Gasteiger partial charge in [0, 0.05) is 11.1 Å². The quantitative estimate of drug-likeness (QED) is 0.468. The Morgan fingerprint density at radius 2 is 1.67 bits per heavy atom. The molecule has 0 spiro atoms. The van der Waals surface area contributed by atoms with Crippen LogP contribution in [0, 0.1) is 24.5 Å². The summed E-state index contributed by atoms with van der Waals surface area (Å²) in [5, 5.41) is 0. The lowest BCUT2D eigenvalue weighted by Crippen LogP contribution is -2.03. The highest BCUT2D eigenvalue weighted by molar-refractivity contribution is 5.57. The predicted molar refractivity (Wildman–Crippen MR) is 111 cm³/mol. The maximum Gasteiger partial charge on any atom is 0.129 e. The average Bonchev–Trinajstić information content (AvgIpc) is 2.67. The summed E-state index contributed by atoms with van der Waals surface area (Å²) in [7, 11) is 0. The number of para-hydroxylation sites is 1. The molecule has 148 valence electrons. The van der Waals surface area contributed by atoms with E-state index in [0.717, 1.165) is 24.2 Å². The van der Waals surface area contributed by atoms with Crippen molar-refractivity contribution in [2.45, 2.75) is 53.9 Å². The molecule has 0 bridgehead atoms. The fourth-order valence-corrected chi connectivity index (χ4v) is 2.90. The summed E-state index contributed by atoms with van der Waals surface area (Å²) in [5.74, 6) is 0.122. The molecule has 0 aliphatic rings. The van der Waals surface area contributed by atoms with Gasteiger partial charge in [0.2, 0.25) is 0 Å². The molecular weight excluding hydrogens is 342 g/mol. The normalized spacial score (nSPS) is 11.8. The lowest BCUT2D eigenvalue weighted by atomic mass is 9.93. The Labute approximate surface area is 163 Å². The molecule has 0 heterocycles. The fraction of sp³-hybridized carbons (Fsp3) is 0.417. The maximum absolute atomic E-state index is 13.8. The van der Waals surface area contributed by atoms with Gasteiger partial charge in [-0.25, -0.2) is 8.78 Å². The lowest BCUT2D eigenvalue weighted by molar-refractivity contribution is 0.339. The van der Waals surface area contributed by atoms with E-state index in [1.54, 1.807) is 0 Å². The summed E-state index contributed by atoms with van der Waals surface area (Å²) in [6, 6.07) is 10.8. The van der Waals surface area contributed by atoms with Crippen molar-refractivity contribution in [2.24, 2.45) is 5.92 Å². The van der Waals surface area contributed by atoms with Gasteiger partial charge in [0.05, 0.1) is 6.61 Å². The summed E-state index contributed by atoms with van der Waals surface area (Å²) in [6.45, 7) is 10.2. The minimum Gasteiger partial charge on any atom is -0.493 e. The van der Waals surface area contributed by atoms with Crippen molar-refractivity contribution in [3.8, 4) is 5.75 Å². The SMILES string of the molecule is CC.CCCC(/C=C/c1ccccc1OCC)Cc1cc(F)c(C)c(F)c1. The first-order chi connectivity index (χ1) is 13.0. The molecule has 0 aromatic heterocycles. The van der Waals surface area contributed by atoms with E-state index >= 15 is 0 Å². The van der Waals surface area contributed by atoms with E-state index in [4.69, 9.17) is 4.74 Å². The van der Waals surface area contributed by atoms with Crippen molar-refractivity contribution < 1.29 is 13.5 Å². The molecule has 27 heavy (non-hydrogen) atoms. The third kappa shape index (κ3) is 7.16. The molecule has 2 aromatic rings. The molecule has 2 rings (SSSR count). The standard InChI is InChI=1S/C22H26F2O.C2H6/c1-4-8-17(13-18-14-20(23)16(3)21(24)15-18)11-12-19-9-6-7-10-22(19)25-5-2;1-2/h6-7,9-12,14-15,17H,4-5,8,13H2,1-3H3;1-2H3/b12-11+;. The smallest absolute Gasteiger partial charge is 0.129 e. The van der Waals surface area contributed by atoms with Gasteiger partial charge in [0.1, 0.15) is 17.4 Å². The van der Waals surface area contributed by atoms with Crippen LogP contribution in [0.25, 0.3) is 6.08 Å². The molecule has 0 saturated heterocycles. The zero-order valence-corrected chi connectivity index (χ0v) is 17.2. The first kappa shape index (κ1) is 22.9. The first-order valence-corrected chi connectivity index (χ1v) is 9.89. The summed E-state index contributed by atoms with van der Waals surface area (Å²) in [4.78, 5) is 0. The zero-order valence-electron chi connectivity index (χ0n) is 17.2. The second-order valence-corrected chi connectivity index (χ2v) is 6.27. The van der Waals surface area contributed by atoms with Gasteiger partial charge in [-0.15, -0.1) is 0 Å². The number of hydrogen-bond acceptors (Lipinski definition) is 1. The number of allylic oxidation sites excluding steroid dienone is 1. The topological polar surface area (TPSA) is 9.23 Å². The molecule has 2 aromatic carbocycles. The second kappa shape index (κ2) is 12.3. The van der Waals surface area contributed by atoms with Crippen LogP contribution in [-0.2, 0) is 6.42 Å². The van der Waals surface area contributed by atoms with Gasteiger partial charge in [-0.05, 0) is 56.4 Å². The molecule has 0 aliphatic carbocycles. The Morgan fingerprint density at radius 1 is 1.04 bits per heavy atom. The number of ether oxygens (including phenoxy) is 1. The number of benzene rings is 2. The van der Waals surface area contributed by atoms with Crippen molar-refractivity contribution in [2.75, 3.05) is 6.61 Å². The predicted octanol–water partition coefficient (Wildman–Crippen LogP) is 7.37. The Hall–Kier alpha value is -2.16. The molecule has 1 nitrogen and oxygen atoms in total. The van der Waals surface area contributed by atoms with E-state index in [-0.39, 0.29) is 11.5 Å². The lowest BCUT2D eigenvalue weighted by Gasteiger charge is -2.13. The van der Waals surface area contributed by atoms with Gasteiger partial charge in [-0.1, -0.05) is 57.5 Å². The highest BCUT2D eigenvalue weighted by Crippen LogP contribution is 2.24. The van der Waals surface area contributed by atoms with Crippen molar-refractivity contribution in [1.82, 2.24) is 0 Å². The largest absolute Gasteiger partial charge is 0.493 e. The Morgan fingerprint density at radius 3 is 2.26 bits per heavy atom. The van der Waals surface area contributed by atoms with E-state index in [1.807, 2.05) is 51.1 Å². The number of rotatable bonds is 8. The summed E-state index contributed by atoms with van der Waals surface area (Å²) in [5.41, 5.74) is 1.80. The zero-order chi connectivity index (χ0) is 20.2. The summed E-state index contributed by atoms with van der Waals surface area (Å²) in [6.07, 6.45) is 6.77. The van der Waals surface area contributed by atoms with Crippen LogP contribution >= 0.6 is 0 Å². The third-order valence-corrected chi connectivity index (χ3v) is 4.26. The van der Waals surface area contributed by atoms with Gasteiger partial charge in [0.15, 0.2) is 0 Å². The molecule has 3 heteroatoms. The Bertz CT molecular complexity index is 699. The van der Waals surface area contributed by atoms with E-state index < -0.39 is 11.6 Å². The molecule has 0 amide bonds. The number of halogens is 2. The minimum absolute atomic E-state index is 0.0805. The minimum atomic E-state index is -0.476. The van der Waals surface area contributed by atoms with Crippen LogP contribution < -0.4 is 4.74 Å². The van der Waals surface area contributed by atoms with E-state index in [0.29, 0.717) is 18.6 Å². The molecule has 0 fully saturated rings. The van der Waals surface area contributed by atoms with Crippen LogP contribution in [0.3, 0.4) is 0 Å². The van der Waals surface area contributed by atoms with E-state index in [2.05, 4.69) is 13.0 Å². The molecule has 1 unspecified atom stereocenters. The monoisotopic (exact) mass is 374 g/mol. The molecule has 0 radical (unpaired) electrons. The van der Waals surface area contributed by atoms with Crippen molar-refractivity contribution in [1.29, 1.82) is 0 Å². The van der Waals surface area contributed by atoms with Crippen molar-refractivity contribution in [3.63, 3.8) is 0 Å². The van der Waals surface area contributed by atoms with Gasteiger partial charge >= 0.3 is 0 Å². The van der Waals surface area contributed by atoms with Gasteiger partial charge in [0.25, 0.3) is 0 Å². The highest BCUT2D eigenvalue weighted by atomic mass is 19.1. The number of hydrogen-bond donors (Lipinski definition) is 0. The van der Waals surface area contributed by atoms with E-state index in [1.165, 1.54) is 19.1 Å². The molecule has 0 N–H and O–H groups in total.